The average Bonchev–Trinajstić information content (AvgIpc) is 2.61. The Kier molecular flexibility index (Phi) is 14.3. The van der Waals surface area contributed by atoms with Crippen LogP contribution in [0.3, 0.4) is 0 Å². The zero-order valence-electron chi connectivity index (χ0n) is 18.2. The smallest absolute Gasteiger partial charge is 0.226 e. The quantitative estimate of drug-likeness (QED) is 0.539. The van der Waals surface area contributed by atoms with Crippen molar-refractivity contribution in [2.24, 2.45) is 23.7 Å². The van der Waals surface area contributed by atoms with Gasteiger partial charge in [0.2, 0.25) is 5.91 Å². The molecule has 0 aromatic rings. The molecule has 0 unspecified atom stereocenters. The Balaban J connectivity index is 0.000000504. The van der Waals surface area contributed by atoms with Crippen molar-refractivity contribution in [1.29, 1.82) is 0 Å². The highest BCUT2D eigenvalue weighted by Crippen LogP contribution is 2.29. The summed E-state index contributed by atoms with van der Waals surface area (Å²) in [5.41, 5.74) is 0. The Morgan fingerprint density at radius 1 is 1.04 bits per heavy atom. The molecule has 1 saturated carbocycles. The van der Waals surface area contributed by atoms with Gasteiger partial charge >= 0.3 is 0 Å². The van der Waals surface area contributed by atoms with Gasteiger partial charge in [0, 0.05) is 12.5 Å². The van der Waals surface area contributed by atoms with Crippen molar-refractivity contribution >= 4 is 5.91 Å². The SMILES string of the molecule is CCC(CC)CCC(C)C.CCN(CNC)C(=O)C1CCC(C)CC1. The van der Waals surface area contributed by atoms with Crippen molar-refractivity contribution in [2.45, 2.75) is 92.9 Å². The van der Waals surface area contributed by atoms with Crippen LogP contribution in [0, 0.1) is 23.7 Å². The van der Waals surface area contributed by atoms with Crippen molar-refractivity contribution in [3.05, 3.63) is 0 Å². The molecule has 1 aliphatic carbocycles. The Bertz CT molecular complexity index is 318. The average molecular weight is 355 g/mol. The first-order valence-corrected chi connectivity index (χ1v) is 10.8. The molecule has 1 aliphatic rings. The first-order valence-electron chi connectivity index (χ1n) is 10.8. The predicted octanol–water partition coefficient (Wildman–Crippen LogP) is 5.70. The fourth-order valence-corrected chi connectivity index (χ4v) is 3.57. The van der Waals surface area contributed by atoms with Crippen LogP contribution in [0.5, 0.6) is 0 Å². The molecule has 1 N–H and O–H groups in total. The summed E-state index contributed by atoms with van der Waals surface area (Å²) in [7, 11) is 1.89. The minimum absolute atomic E-state index is 0.287. The Hall–Kier alpha value is -0.570. The lowest BCUT2D eigenvalue weighted by atomic mass is 9.82. The molecule has 0 aliphatic heterocycles. The van der Waals surface area contributed by atoms with E-state index < -0.39 is 0 Å². The summed E-state index contributed by atoms with van der Waals surface area (Å²) in [6, 6.07) is 0. The number of rotatable bonds is 9. The molecule has 0 atom stereocenters. The van der Waals surface area contributed by atoms with E-state index in [9.17, 15) is 4.79 Å². The van der Waals surface area contributed by atoms with Gasteiger partial charge in [-0.05, 0) is 57.4 Å². The number of carbonyl (C=O) groups excluding carboxylic acids is 1. The van der Waals surface area contributed by atoms with Crippen molar-refractivity contribution in [3.8, 4) is 0 Å². The second kappa shape index (κ2) is 14.6. The number of hydrogen-bond donors (Lipinski definition) is 1. The van der Waals surface area contributed by atoms with E-state index >= 15 is 0 Å². The van der Waals surface area contributed by atoms with E-state index in [0.717, 1.165) is 37.1 Å². The number of nitrogens with one attached hydrogen (secondary N) is 1. The third-order valence-corrected chi connectivity index (χ3v) is 5.71. The topological polar surface area (TPSA) is 32.3 Å². The van der Waals surface area contributed by atoms with Crippen molar-refractivity contribution < 1.29 is 4.79 Å². The lowest BCUT2D eigenvalue weighted by Crippen LogP contribution is -2.41. The maximum atomic E-state index is 12.1. The monoisotopic (exact) mass is 354 g/mol. The molecule has 1 rings (SSSR count). The molecule has 0 heterocycles. The molecular formula is C22H46N2O. The number of carbonyl (C=O) groups is 1. The van der Waals surface area contributed by atoms with Crippen molar-refractivity contribution in [3.63, 3.8) is 0 Å². The van der Waals surface area contributed by atoms with Gasteiger partial charge in [-0.2, -0.15) is 0 Å². The van der Waals surface area contributed by atoms with Crippen LogP contribution in [-0.4, -0.2) is 31.1 Å². The normalized spacial score (nSPS) is 20.4. The van der Waals surface area contributed by atoms with Gasteiger partial charge in [0.1, 0.15) is 0 Å². The third kappa shape index (κ3) is 10.9. The molecule has 3 heteroatoms. The molecule has 1 amide bonds. The summed E-state index contributed by atoms with van der Waals surface area (Å²) in [6.07, 6.45) is 10.2. The summed E-state index contributed by atoms with van der Waals surface area (Å²) in [5.74, 6) is 3.32. The summed E-state index contributed by atoms with van der Waals surface area (Å²) in [6.45, 7) is 15.0. The molecule has 3 nitrogen and oxygen atoms in total. The molecule has 1 fully saturated rings. The van der Waals surface area contributed by atoms with Crippen LogP contribution in [0.25, 0.3) is 0 Å². The highest BCUT2D eigenvalue weighted by Gasteiger charge is 2.27. The molecule has 150 valence electrons. The highest BCUT2D eigenvalue weighted by molar-refractivity contribution is 5.78. The lowest BCUT2D eigenvalue weighted by Gasteiger charge is -2.30. The molecule has 0 radical (unpaired) electrons. The van der Waals surface area contributed by atoms with Crippen LogP contribution >= 0.6 is 0 Å². The molecule has 0 aromatic carbocycles. The maximum Gasteiger partial charge on any atom is 0.226 e. The van der Waals surface area contributed by atoms with E-state index in [0.29, 0.717) is 12.6 Å². The Morgan fingerprint density at radius 3 is 2.00 bits per heavy atom. The Labute approximate surface area is 158 Å². The first-order chi connectivity index (χ1) is 11.9. The predicted molar refractivity (Wildman–Crippen MR) is 111 cm³/mol. The van der Waals surface area contributed by atoms with Gasteiger partial charge in [-0.15, -0.1) is 0 Å². The molecular weight excluding hydrogens is 308 g/mol. The second-order valence-corrected chi connectivity index (χ2v) is 8.32. The van der Waals surface area contributed by atoms with Gasteiger partial charge in [-0.25, -0.2) is 0 Å². The van der Waals surface area contributed by atoms with E-state index in [2.05, 4.69) is 39.9 Å². The van der Waals surface area contributed by atoms with Crippen molar-refractivity contribution in [1.82, 2.24) is 10.2 Å². The second-order valence-electron chi connectivity index (χ2n) is 8.32. The van der Waals surface area contributed by atoms with Gasteiger partial charge in [0.25, 0.3) is 0 Å². The number of nitrogens with zero attached hydrogens (tertiary/aromatic N) is 1. The molecule has 0 aromatic heterocycles. The van der Waals surface area contributed by atoms with Gasteiger partial charge in [-0.1, -0.05) is 60.3 Å². The summed E-state index contributed by atoms with van der Waals surface area (Å²) in [5, 5.41) is 3.05. The van der Waals surface area contributed by atoms with Crippen LogP contribution in [0.15, 0.2) is 0 Å². The molecule has 0 bridgehead atoms. The molecule has 0 spiro atoms. The van der Waals surface area contributed by atoms with Crippen LogP contribution < -0.4 is 5.32 Å². The largest absolute Gasteiger partial charge is 0.330 e. The van der Waals surface area contributed by atoms with Gasteiger partial charge in [-0.3, -0.25) is 4.79 Å². The minimum Gasteiger partial charge on any atom is -0.330 e. The van der Waals surface area contributed by atoms with E-state index in [1.54, 1.807) is 0 Å². The Morgan fingerprint density at radius 2 is 1.60 bits per heavy atom. The standard InChI is InChI=1S/C12H24N2O.C10H22/c1-4-14(9-13-3)12(15)11-7-5-10(2)6-8-11;1-5-10(6-2)8-7-9(3)4/h10-11,13H,4-9H2,1-3H3;9-10H,5-8H2,1-4H3. The van der Waals surface area contributed by atoms with E-state index in [1.165, 1.54) is 38.5 Å². The number of amides is 1. The highest BCUT2D eigenvalue weighted by atomic mass is 16.2. The molecule has 0 saturated heterocycles. The van der Waals surface area contributed by atoms with E-state index in [4.69, 9.17) is 0 Å². The lowest BCUT2D eigenvalue weighted by molar-refractivity contribution is -0.136. The maximum absolute atomic E-state index is 12.1. The van der Waals surface area contributed by atoms with Crippen LogP contribution in [-0.2, 0) is 4.79 Å². The first kappa shape index (κ1) is 24.4. The van der Waals surface area contributed by atoms with Crippen LogP contribution in [0.4, 0.5) is 0 Å². The molecule has 25 heavy (non-hydrogen) atoms. The van der Waals surface area contributed by atoms with E-state index in [-0.39, 0.29) is 5.92 Å². The van der Waals surface area contributed by atoms with Gasteiger partial charge < -0.3 is 10.2 Å². The van der Waals surface area contributed by atoms with Crippen molar-refractivity contribution in [2.75, 3.05) is 20.3 Å². The van der Waals surface area contributed by atoms with E-state index in [1.807, 2.05) is 18.9 Å². The van der Waals surface area contributed by atoms with Crippen LogP contribution in [0.1, 0.15) is 92.9 Å². The summed E-state index contributed by atoms with van der Waals surface area (Å²) >= 11 is 0. The third-order valence-electron chi connectivity index (χ3n) is 5.71. The zero-order chi connectivity index (χ0) is 19.2. The number of hydrogen-bond acceptors (Lipinski definition) is 2. The van der Waals surface area contributed by atoms with Gasteiger partial charge in [0.05, 0.1) is 6.67 Å². The fraction of sp³-hybridized carbons (Fsp3) is 0.955. The summed E-state index contributed by atoms with van der Waals surface area (Å²) in [4.78, 5) is 14.0. The summed E-state index contributed by atoms with van der Waals surface area (Å²) < 4.78 is 0. The fourth-order valence-electron chi connectivity index (χ4n) is 3.57. The minimum atomic E-state index is 0.287. The zero-order valence-corrected chi connectivity index (χ0v) is 18.2. The van der Waals surface area contributed by atoms with Crippen LogP contribution in [0.2, 0.25) is 0 Å². The van der Waals surface area contributed by atoms with Gasteiger partial charge in [0.15, 0.2) is 0 Å².